The van der Waals surface area contributed by atoms with Crippen molar-refractivity contribution in [2.75, 3.05) is 19.8 Å². The van der Waals surface area contributed by atoms with E-state index >= 15 is 0 Å². The van der Waals surface area contributed by atoms with Crippen LogP contribution >= 0.6 is 0 Å². The molecule has 1 aromatic carbocycles. The average Bonchev–Trinajstić information content (AvgIpc) is 2.51. The van der Waals surface area contributed by atoms with Crippen LogP contribution in [0.1, 0.15) is 44.7 Å². The first kappa shape index (κ1) is 17.7. The predicted molar refractivity (Wildman–Crippen MR) is 92.2 cm³/mol. The van der Waals surface area contributed by atoms with Gasteiger partial charge in [0.1, 0.15) is 0 Å². The van der Waals surface area contributed by atoms with Crippen LogP contribution in [0.4, 0.5) is 0 Å². The molecule has 0 atom stereocenters. The number of hydrogen-bond donors (Lipinski definition) is 2. The Morgan fingerprint density at radius 2 is 1.87 bits per heavy atom. The highest BCUT2D eigenvalue weighted by Gasteiger charge is 2.29. The number of benzene rings is 1. The summed E-state index contributed by atoms with van der Waals surface area (Å²) in [5.74, 6) is -0.190. The van der Waals surface area contributed by atoms with Crippen LogP contribution in [0.2, 0.25) is 0 Å². The Bertz CT molecular complexity index is 549. The number of ether oxygens (including phenoxy) is 1. The molecular formula is C19H27NO3. The van der Waals surface area contributed by atoms with Crippen molar-refractivity contribution in [3.63, 3.8) is 0 Å². The van der Waals surface area contributed by atoms with Gasteiger partial charge in [0.05, 0.1) is 5.60 Å². The standard InChI is InChI=1S/C19H27NO3/c1-18(2,3)16-7-4-15(5-8-16)6-9-17(21)20-14-19(22)10-12-23-13-11-19/h4-9,22H,10-14H2,1-3H3,(H,20,21). The van der Waals surface area contributed by atoms with Crippen molar-refractivity contribution in [3.05, 3.63) is 41.5 Å². The van der Waals surface area contributed by atoms with E-state index in [0.29, 0.717) is 26.1 Å². The average molecular weight is 317 g/mol. The largest absolute Gasteiger partial charge is 0.388 e. The molecule has 0 unspecified atom stereocenters. The summed E-state index contributed by atoms with van der Waals surface area (Å²) in [4.78, 5) is 11.9. The van der Waals surface area contributed by atoms with Gasteiger partial charge in [-0.2, -0.15) is 0 Å². The van der Waals surface area contributed by atoms with E-state index in [-0.39, 0.29) is 17.9 Å². The molecule has 0 aliphatic carbocycles. The topological polar surface area (TPSA) is 58.6 Å². The second-order valence-electron chi connectivity index (χ2n) is 7.26. The molecule has 1 aliphatic heterocycles. The minimum absolute atomic E-state index is 0.124. The molecule has 1 saturated heterocycles. The van der Waals surface area contributed by atoms with Crippen LogP contribution in [0.5, 0.6) is 0 Å². The van der Waals surface area contributed by atoms with E-state index in [9.17, 15) is 9.90 Å². The number of amides is 1. The zero-order valence-corrected chi connectivity index (χ0v) is 14.3. The summed E-state index contributed by atoms with van der Waals surface area (Å²) >= 11 is 0. The Morgan fingerprint density at radius 1 is 1.26 bits per heavy atom. The van der Waals surface area contributed by atoms with Gasteiger partial charge in [0.15, 0.2) is 0 Å². The first-order valence-electron chi connectivity index (χ1n) is 8.15. The smallest absolute Gasteiger partial charge is 0.244 e. The van der Waals surface area contributed by atoms with Gasteiger partial charge in [0.25, 0.3) is 0 Å². The van der Waals surface area contributed by atoms with Crippen LogP contribution in [0.25, 0.3) is 6.08 Å². The number of carbonyl (C=O) groups is 1. The van der Waals surface area contributed by atoms with E-state index in [1.54, 1.807) is 6.08 Å². The molecule has 1 amide bonds. The minimum atomic E-state index is -0.837. The maximum Gasteiger partial charge on any atom is 0.244 e. The van der Waals surface area contributed by atoms with Crippen LogP contribution in [0.15, 0.2) is 30.3 Å². The highest BCUT2D eigenvalue weighted by Crippen LogP contribution is 2.22. The van der Waals surface area contributed by atoms with Crippen LogP contribution < -0.4 is 5.32 Å². The minimum Gasteiger partial charge on any atom is -0.388 e. The van der Waals surface area contributed by atoms with Gasteiger partial charge in [0.2, 0.25) is 5.91 Å². The van der Waals surface area contributed by atoms with Gasteiger partial charge in [-0.05, 0) is 22.6 Å². The van der Waals surface area contributed by atoms with Crippen LogP contribution in [-0.4, -0.2) is 36.4 Å². The third-order valence-electron chi connectivity index (χ3n) is 4.22. The molecule has 126 valence electrons. The summed E-state index contributed by atoms with van der Waals surface area (Å²) in [6.45, 7) is 7.87. The van der Waals surface area contributed by atoms with E-state index in [4.69, 9.17) is 4.74 Å². The lowest BCUT2D eigenvalue weighted by atomic mass is 9.87. The van der Waals surface area contributed by atoms with E-state index < -0.39 is 5.60 Å². The van der Waals surface area contributed by atoms with Crippen LogP contribution in [-0.2, 0) is 14.9 Å². The van der Waals surface area contributed by atoms with Gasteiger partial charge in [-0.3, -0.25) is 4.79 Å². The fraction of sp³-hybridized carbons (Fsp3) is 0.526. The fourth-order valence-corrected chi connectivity index (χ4v) is 2.50. The first-order valence-corrected chi connectivity index (χ1v) is 8.15. The zero-order chi connectivity index (χ0) is 16.9. The number of hydrogen-bond acceptors (Lipinski definition) is 3. The maximum atomic E-state index is 11.9. The maximum absolute atomic E-state index is 11.9. The number of nitrogens with one attached hydrogen (secondary N) is 1. The van der Waals surface area contributed by atoms with Crippen molar-refractivity contribution in [2.45, 2.75) is 44.6 Å². The summed E-state index contributed by atoms with van der Waals surface area (Å²) in [5, 5.41) is 13.1. The van der Waals surface area contributed by atoms with Gasteiger partial charge in [-0.15, -0.1) is 0 Å². The van der Waals surface area contributed by atoms with E-state index in [2.05, 4.69) is 38.2 Å². The SMILES string of the molecule is CC(C)(C)c1ccc(C=CC(=O)NCC2(O)CCOCC2)cc1. The third kappa shape index (κ3) is 5.48. The Kier molecular flexibility index (Phi) is 5.60. The molecule has 0 saturated carbocycles. The van der Waals surface area contributed by atoms with Crippen molar-refractivity contribution < 1.29 is 14.6 Å². The molecule has 23 heavy (non-hydrogen) atoms. The highest BCUT2D eigenvalue weighted by molar-refractivity contribution is 5.91. The Morgan fingerprint density at radius 3 is 2.43 bits per heavy atom. The summed E-state index contributed by atoms with van der Waals surface area (Å²) in [5.41, 5.74) is 1.54. The zero-order valence-electron chi connectivity index (χ0n) is 14.3. The summed E-state index contributed by atoms with van der Waals surface area (Å²) in [6.07, 6.45) is 4.42. The van der Waals surface area contributed by atoms with E-state index in [1.165, 1.54) is 11.6 Å². The lowest BCUT2D eigenvalue weighted by molar-refractivity contribution is -0.119. The molecule has 1 fully saturated rings. The molecule has 0 radical (unpaired) electrons. The number of carbonyl (C=O) groups excluding carboxylic acids is 1. The van der Waals surface area contributed by atoms with Gasteiger partial charge in [-0.25, -0.2) is 0 Å². The molecule has 1 heterocycles. The van der Waals surface area contributed by atoms with Crippen LogP contribution in [0, 0.1) is 0 Å². The molecule has 1 aromatic rings. The quantitative estimate of drug-likeness (QED) is 0.839. The molecule has 0 aromatic heterocycles. The molecule has 0 bridgehead atoms. The van der Waals surface area contributed by atoms with Crippen molar-refractivity contribution in [2.24, 2.45) is 0 Å². The van der Waals surface area contributed by atoms with Gasteiger partial charge < -0.3 is 15.2 Å². The summed E-state index contributed by atoms with van der Waals surface area (Å²) < 4.78 is 5.22. The monoisotopic (exact) mass is 317 g/mol. The lowest BCUT2D eigenvalue weighted by Crippen LogP contribution is -2.46. The van der Waals surface area contributed by atoms with E-state index in [0.717, 1.165) is 5.56 Å². The molecule has 0 spiro atoms. The third-order valence-corrected chi connectivity index (χ3v) is 4.22. The lowest BCUT2D eigenvalue weighted by Gasteiger charge is -2.31. The first-order chi connectivity index (χ1) is 10.8. The highest BCUT2D eigenvalue weighted by atomic mass is 16.5. The van der Waals surface area contributed by atoms with Crippen molar-refractivity contribution in [1.82, 2.24) is 5.32 Å². The second-order valence-corrected chi connectivity index (χ2v) is 7.26. The van der Waals surface area contributed by atoms with Crippen molar-refractivity contribution >= 4 is 12.0 Å². The number of aliphatic hydroxyl groups is 1. The fourth-order valence-electron chi connectivity index (χ4n) is 2.50. The van der Waals surface area contributed by atoms with Gasteiger partial charge in [0, 0.05) is 38.7 Å². The van der Waals surface area contributed by atoms with Crippen LogP contribution in [0.3, 0.4) is 0 Å². The van der Waals surface area contributed by atoms with Crippen molar-refractivity contribution in [3.8, 4) is 0 Å². The number of rotatable bonds is 4. The Hall–Kier alpha value is -1.65. The summed E-state index contributed by atoms with van der Waals surface area (Å²) in [6, 6.07) is 8.19. The molecule has 2 N–H and O–H groups in total. The second kappa shape index (κ2) is 7.28. The summed E-state index contributed by atoms with van der Waals surface area (Å²) in [7, 11) is 0. The Balaban J connectivity index is 1.86. The van der Waals surface area contributed by atoms with Gasteiger partial charge in [-0.1, -0.05) is 45.0 Å². The predicted octanol–water partition coefficient (Wildman–Crippen LogP) is 2.66. The molecule has 2 rings (SSSR count). The molecule has 4 heteroatoms. The van der Waals surface area contributed by atoms with Gasteiger partial charge >= 0.3 is 0 Å². The molecule has 1 aliphatic rings. The normalized spacial score (nSPS) is 18.1. The Labute approximate surface area is 138 Å². The van der Waals surface area contributed by atoms with E-state index in [1.807, 2.05) is 12.1 Å². The molecular weight excluding hydrogens is 290 g/mol. The van der Waals surface area contributed by atoms with Crippen molar-refractivity contribution in [1.29, 1.82) is 0 Å². The molecule has 4 nitrogen and oxygen atoms in total.